The first-order valence-corrected chi connectivity index (χ1v) is 11.2. The zero-order valence-electron chi connectivity index (χ0n) is 19.3. The fourth-order valence-corrected chi connectivity index (χ4v) is 4.15. The number of phenolic OH excluding ortho intramolecular Hbond substituents is 3. The lowest BCUT2D eigenvalue weighted by atomic mass is 10.1. The number of aromatic nitrogens is 2. The molecule has 4 N–H and O–H groups in total. The number of amides is 1. The molecule has 0 aliphatic heterocycles. The molecule has 0 fully saturated rings. The lowest BCUT2D eigenvalue weighted by Gasteiger charge is -2.09. The van der Waals surface area contributed by atoms with Gasteiger partial charge in [-0.2, -0.15) is 0 Å². The van der Waals surface area contributed by atoms with E-state index in [2.05, 4.69) is 27.0 Å². The molecule has 0 saturated carbocycles. The monoisotopic (exact) mass is 481 g/mol. The van der Waals surface area contributed by atoms with Crippen LogP contribution in [0.5, 0.6) is 23.0 Å². The van der Waals surface area contributed by atoms with E-state index in [4.69, 9.17) is 4.74 Å². The highest BCUT2D eigenvalue weighted by Gasteiger charge is 2.13. The molecule has 0 aliphatic carbocycles. The summed E-state index contributed by atoms with van der Waals surface area (Å²) in [7, 11) is 1.64. The molecule has 5 rings (SSSR count). The first-order chi connectivity index (χ1) is 17.4. The maximum Gasteiger partial charge on any atom is 0.244 e. The number of benzene rings is 3. The van der Waals surface area contributed by atoms with E-state index in [0.717, 1.165) is 33.2 Å². The fourth-order valence-electron chi connectivity index (χ4n) is 4.15. The number of hydrogen-bond donors (Lipinski definition) is 4. The molecule has 0 aliphatic rings. The number of hydrogen-bond acceptors (Lipinski definition) is 6. The van der Waals surface area contributed by atoms with E-state index >= 15 is 0 Å². The summed E-state index contributed by atoms with van der Waals surface area (Å²) >= 11 is 0. The van der Waals surface area contributed by atoms with Gasteiger partial charge >= 0.3 is 0 Å². The van der Waals surface area contributed by atoms with Crippen molar-refractivity contribution in [3.63, 3.8) is 0 Å². The standard InChI is InChI=1S/C28H23N3O5/c1-36-20-9-7-19(8-10-20)31-23-5-3-2-4-21(23)22-14-18(29-16-24(22)31)15-30-27(34)11-6-17-12-25(32)28(35)26(33)13-17/h2-14,16,32-33,35H,15H2,1H3,(H,30,34)/b11-6+. The Hall–Kier alpha value is -4.98. The summed E-state index contributed by atoms with van der Waals surface area (Å²) in [5, 5.41) is 33.5. The Morgan fingerprint density at radius 3 is 2.42 bits per heavy atom. The number of ether oxygens (including phenoxy) is 1. The van der Waals surface area contributed by atoms with E-state index in [1.807, 2.05) is 42.5 Å². The first kappa shape index (κ1) is 22.8. The summed E-state index contributed by atoms with van der Waals surface area (Å²) < 4.78 is 7.43. The number of pyridine rings is 1. The van der Waals surface area contributed by atoms with Crippen molar-refractivity contribution in [2.24, 2.45) is 0 Å². The molecule has 0 bridgehead atoms. The van der Waals surface area contributed by atoms with E-state index in [1.165, 1.54) is 24.3 Å². The summed E-state index contributed by atoms with van der Waals surface area (Å²) in [6.07, 6.45) is 4.51. The van der Waals surface area contributed by atoms with Gasteiger partial charge in [0.2, 0.25) is 5.91 Å². The summed E-state index contributed by atoms with van der Waals surface area (Å²) in [6, 6.07) is 20.4. The van der Waals surface area contributed by atoms with Crippen LogP contribution < -0.4 is 10.1 Å². The van der Waals surface area contributed by atoms with Crippen molar-refractivity contribution in [2.45, 2.75) is 6.54 Å². The third-order valence-corrected chi connectivity index (χ3v) is 5.91. The Morgan fingerprint density at radius 2 is 1.69 bits per heavy atom. The molecule has 2 heterocycles. The van der Waals surface area contributed by atoms with Crippen LogP contribution in [0.2, 0.25) is 0 Å². The molecule has 8 heteroatoms. The second kappa shape index (κ2) is 9.34. The molecule has 8 nitrogen and oxygen atoms in total. The molecule has 3 aromatic carbocycles. The SMILES string of the molecule is COc1ccc(-n2c3ccccc3c3cc(CNC(=O)/C=C/c4cc(O)c(O)c(O)c4)ncc32)cc1. The van der Waals surface area contributed by atoms with Gasteiger partial charge < -0.3 is 29.9 Å². The predicted molar refractivity (Wildman–Crippen MR) is 137 cm³/mol. The fraction of sp³-hybridized carbons (Fsp3) is 0.0714. The minimum atomic E-state index is -0.605. The highest BCUT2D eigenvalue weighted by Crippen LogP contribution is 2.36. The van der Waals surface area contributed by atoms with Crippen LogP contribution in [0.25, 0.3) is 33.6 Å². The van der Waals surface area contributed by atoms with Gasteiger partial charge in [-0.1, -0.05) is 18.2 Å². The largest absolute Gasteiger partial charge is 0.504 e. The quantitative estimate of drug-likeness (QED) is 0.208. The third-order valence-electron chi connectivity index (χ3n) is 5.91. The molecule has 0 saturated heterocycles. The van der Waals surface area contributed by atoms with Crippen molar-refractivity contribution in [1.29, 1.82) is 0 Å². The van der Waals surface area contributed by atoms with Gasteiger partial charge in [-0.05, 0) is 60.2 Å². The van der Waals surface area contributed by atoms with Crippen LogP contribution in [0.15, 0.2) is 79.0 Å². The van der Waals surface area contributed by atoms with E-state index < -0.39 is 17.2 Å². The van der Waals surface area contributed by atoms with Crippen molar-refractivity contribution >= 4 is 33.8 Å². The Bertz CT molecular complexity index is 1600. The number of rotatable bonds is 6. The van der Waals surface area contributed by atoms with Crippen LogP contribution >= 0.6 is 0 Å². The second-order valence-corrected chi connectivity index (χ2v) is 8.20. The molecule has 180 valence electrons. The number of nitrogens with one attached hydrogen (secondary N) is 1. The van der Waals surface area contributed by atoms with Crippen molar-refractivity contribution in [3.8, 4) is 28.7 Å². The van der Waals surface area contributed by atoms with Gasteiger partial charge in [0.15, 0.2) is 17.2 Å². The number of methoxy groups -OCH3 is 1. The number of fused-ring (bicyclic) bond motifs is 3. The highest BCUT2D eigenvalue weighted by atomic mass is 16.5. The third kappa shape index (κ3) is 4.27. The van der Waals surface area contributed by atoms with Gasteiger partial charge in [0.25, 0.3) is 0 Å². The molecule has 1 amide bonds. The molecule has 0 spiro atoms. The lowest BCUT2D eigenvalue weighted by molar-refractivity contribution is -0.116. The van der Waals surface area contributed by atoms with Gasteiger partial charge in [-0.25, -0.2) is 0 Å². The second-order valence-electron chi connectivity index (χ2n) is 8.20. The van der Waals surface area contributed by atoms with Gasteiger partial charge in [-0.15, -0.1) is 0 Å². The van der Waals surface area contributed by atoms with Crippen LogP contribution in [0, 0.1) is 0 Å². The number of phenols is 3. The van der Waals surface area contributed by atoms with Crippen LogP contribution in [0.3, 0.4) is 0 Å². The minimum absolute atomic E-state index is 0.216. The van der Waals surface area contributed by atoms with E-state index in [9.17, 15) is 20.1 Å². The molecule has 0 atom stereocenters. The minimum Gasteiger partial charge on any atom is -0.504 e. The van der Waals surface area contributed by atoms with Gasteiger partial charge in [0.05, 0.1) is 36.6 Å². The number of carbonyl (C=O) groups excluding carboxylic acids is 1. The maximum absolute atomic E-state index is 12.3. The molecule has 0 unspecified atom stereocenters. The number of para-hydroxylation sites is 1. The summed E-state index contributed by atoms with van der Waals surface area (Å²) in [5.41, 5.74) is 4.04. The normalized spacial score (nSPS) is 11.4. The van der Waals surface area contributed by atoms with Crippen LogP contribution in [0.1, 0.15) is 11.3 Å². The summed E-state index contributed by atoms with van der Waals surface area (Å²) in [6.45, 7) is 0.216. The molecule has 2 aromatic heterocycles. The van der Waals surface area contributed by atoms with Gasteiger partial charge in [0.1, 0.15) is 5.75 Å². The Labute approximate surface area is 206 Å². The number of aromatic hydroxyl groups is 3. The topological polar surface area (TPSA) is 117 Å². The summed E-state index contributed by atoms with van der Waals surface area (Å²) in [5.74, 6) is -1.14. The Morgan fingerprint density at radius 1 is 0.972 bits per heavy atom. The first-order valence-electron chi connectivity index (χ1n) is 11.2. The van der Waals surface area contributed by atoms with Crippen molar-refractivity contribution < 1.29 is 24.9 Å². The van der Waals surface area contributed by atoms with E-state index in [-0.39, 0.29) is 12.5 Å². The van der Waals surface area contributed by atoms with Crippen molar-refractivity contribution in [2.75, 3.05) is 7.11 Å². The molecule has 0 radical (unpaired) electrons. The Balaban J connectivity index is 1.40. The van der Waals surface area contributed by atoms with Gasteiger partial charge in [0, 0.05) is 22.5 Å². The van der Waals surface area contributed by atoms with Crippen molar-refractivity contribution in [1.82, 2.24) is 14.9 Å². The molecular formula is C28H23N3O5. The average Bonchev–Trinajstić information content (AvgIpc) is 3.23. The van der Waals surface area contributed by atoms with E-state index in [0.29, 0.717) is 11.3 Å². The average molecular weight is 482 g/mol. The smallest absolute Gasteiger partial charge is 0.244 e. The lowest BCUT2D eigenvalue weighted by Crippen LogP contribution is -2.20. The maximum atomic E-state index is 12.3. The zero-order valence-corrected chi connectivity index (χ0v) is 19.3. The van der Waals surface area contributed by atoms with Crippen LogP contribution in [-0.4, -0.2) is 37.9 Å². The molecule has 5 aromatic rings. The molecule has 36 heavy (non-hydrogen) atoms. The summed E-state index contributed by atoms with van der Waals surface area (Å²) in [4.78, 5) is 16.9. The zero-order chi connectivity index (χ0) is 25.2. The van der Waals surface area contributed by atoms with Crippen molar-refractivity contribution in [3.05, 3.63) is 90.3 Å². The van der Waals surface area contributed by atoms with Crippen LogP contribution in [0.4, 0.5) is 0 Å². The highest BCUT2D eigenvalue weighted by molar-refractivity contribution is 6.09. The Kier molecular flexibility index (Phi) is 5.92. The van der Waals surface area contributed by atoms with Gasteiger partial charge in [-0.3, -0.25) is 9.78 Å². The number of carbonyl (C=O) groups is 1. The van der Waals surface area contributed by atoms with E-state index in [1.54, 1.807) is 13.3 Å². The number of nitrogens with zero attached hydrogens (tertiary/aromatic N) is 2. The molecular weight excluding hydrogens is 458 g/mol. The van der Waals surface area contributed by atoms with Crippen LogP contribution in [-0.2, 0) is 11.3 Å². The predicted octanol–water partition coefficient (Wildman–Crippen LogP) is 4.63.